The Hall–Kier alpha value is -1.39. The monoisotopic (exact) mass is 302 g/mol. The average molecular weight is 302 g/mol. The van der Waals surface area contributed by atoms with Gasteiger partial charge >= 0.3 is 6.18 Å². The Balaban J connectivity index is 2.02. The van der Waals surface area contributed by atoms with Crippen molar-refractivity contribution in [3.63, 3.8) is 0 Å². The molecule has 1 fully saturated rings. The van der Waals surface area contributed by atoms with E-state index in [-0.39, 0.29) is 17.8 Å². The molecule has 1 nitrogen and oxygen atoms in total. The van der Waals surface area contributed by atoms with Crippen LogP contribution in [0.15, 0.2) is 18.2 Å². The average Bonchev–Trinajstić information content (AvgIpc) is 2.45. The van der Waals surface area contributed by atoms with Crippen LogP contribution in [0.5, 0.6) is 0 Å². The van der Waals surface area contributed by atoms with Crippen molar-refractivity contribution >= 4 is 5.78 Å². The highest BCUT2D eigenvalue weighted by Gasteiger charge is 2.34. The molecule has 116 valence electrons. The minimum absolute atomic E-state index is 0.0560. The van der Waals surface area contributed by atoms with E-state index in [1.807, 2.05) is 0 Å². The van der Waals surface area contributed by atoms with Gasteiger partial charge in [-0.2, -0.15) is 13.2 Å². The first-order valence-corrected chi connectivity index (χ1v) is 7.28. The summed E-state index contributed by atoms with van der Waals surface area (Å²) >= 11 is 0. The maximum Gasteiger partial charge on any atom is 0.419 e. The van der Waals surface area contributed by atoms with Gasteiger partial charge in [-0.15, -0.1) is 0 Å². The van der Waals surface area contributed by atoms with Gasteiger partial charge in [0.25, 0.3) is 0 Å². The van der Waals surface area contributed by atoms with Crippen LogP contribution >= 0.6 is 0 Å². The van der Waals surface area contributed by atoms with E-state index in [9.17, 15) is 22.4 Å². The Morgan fingerprint density at radius 3 is 2.43 bits per heavy atom. The molecule has 0 heterocycles. The molecule has 0 bridgehead atoms. The number of rotatable bonds is 4. The highest BCUT2D eigenvalue weighted by atomic mass is 19.4. The summed E-state index contributed by atoms with van der Waals surface area (Å²) in [5.74, 6) is -1.19. The lowest BCUT2D eigenvalue weighted by Crippen LogP contribution is -2.12. The van der Waals surface area contributed by atoms with Crippen LogP contribution in [0.1, 0.15) is 60.9 Å². The molecule has 0 radical (unpaired) electrons. The van der Waals surface area contributed by atoms with Crippen LogP contribution in [0.2, 0.25) is 0 Å². The van der Waals surface area contributed by atoms with E-state index < -0.39 is 17.6 Å². The minimum atomic E-state index is -4.77. The number of carbonyl (C=O) groups is 1. The summed E-state index contributed by atoms with van der Waals surface area (Å²) in [7, 11) is 0. The van der Waals surface area contributed by atoms with Gasteiger partial charge in [0.1, 0.15) is 5.82 Å². The molecule has 1 aliphatic carbocycles. The van der Waals surface area contributed by atoms with E-state index in [0.717, 1.165) is 37.8 Å². The third-order valence-electron chi connectivity index (χ3n) is 4.10. The Morgan fingerprint density at radius 2 is 1.81 bits per heavy atom. The van der Waals surface area contributed by atoms with Gasteiger partial charge < -0.3 is 0 Å². The number of alkyl halides is 3. The standard InChI is InChI=1S/C16H18F4O/c17-14-8-7-12(10-13(14)16(18,19)20)15(21)9-6-11-4-2-1-3-5-11/h7-8,10-11H,1-6,9H2. The summed E-state index contributed by atoms with van der Waals surface area (Å²) in [6.07, 6.45) is 1.88. The van der Waals surface area contributed by atoms with Crippen molar-refractivity contribution in [1.82, 2.24) is 0 Å². The lowest BCUT2D eigenvalue weighted by Gasteiger charge is -2.21. The highest BCUT2D eigenvalue weighted by Crippen LogP contribution is 2.32. The number of carbonyl (C=O) groups excluding carboxylic acids is 1. The van der Waals surface area contributed by atoms with E-state index in [1.165, 1.54) is 6.42 Å². The predicted octanol–water partition coefficient (Wildman–Crippen LogP) is 5.39. The zero-order valence-electron chi connectivity index (χ0n) is 11.7. The first kappa shape index (κ1) is 16.0. The summed E-state index contributed by atoms with van der Waals surface area (Å²) in [6.45, 7) is 0. The van der Waals surface area contributed by atoms with Gasteiger partial charge in [-0.05, 0) is 30.5 Å². The minimum Gasteiger partial charge on any atom is -0.294 e. The molecule has 0 aromatic heterocycles. The zero-order chi connectivity index (χ0) is 15.5. The van der Waals surface area contributed by atoms with E-state index in [0.29, 0.717) is 18.4 Å². The molecule has 1 aromatic rings. The maximum absolute atomic E-state index is 13.2. The van der Waals surface area contributed by atoms with Crippen LogP contribution in [0.3, 0.4) is 0 Å². The van der Waals surface area contributed by atoms with Crippen LogP contribution in [0.25, 0.3) is 0 Å². The van der Waals surface area contributed by atoms with Gasteiger partial charge in [-0.25, -0.2) is 4.39 Å². The predicted molar refractivity (Wildman–Crippen MR) is 71.5 cm³/mol. The third-order valence-corrected chi connectivity index (χ3v) is 4.10. The van der Waals surface area contributed by atoms with Crippen LogP contribution in [0, 0.1) is 11.7 Å². The molecule has 0 N–H and O–H groups in total. The number of halogens is 4. The second-order valence-electron chi connectivity index (χ2n) is 5.66. The summed E-state index contributed by atoms with van der Waals surface area (Å²) < 4.78 is 51.0. The first-order valence-electron chi connectivity index (χ1n) is 7.28. The second kappa shape index (κ2) is 6.58. The molecule has 0 aliphatic heterocycles. The Bertz CT molecular complexity index is 501. The van der Waals surface area contributed by atoms with Crippen LogP contribution in [-0.4, -0.2) is 5.78 Å². The molecule has 0 unspecified atom stereocenters. The van der Waals surface area contributed by atoms with Crippen molar-refractivity contribution in [3.05, 3.63) is 35.1 Å². The third kappa shape index (κ3) is 4.29. The van der Waals surface area contributed by atoms with Gasteiger partial charge in [0, 0.05) is 12.0 Å². The molecule has 1 aliphatic rings. The van der Waals surface area contributed by atoms with Gasteiger partial charge in [-0.1, -0.05) is 32.1 Å². The van der Waals surface area contributed by atoms with Crippen molar-refractivity contribution in [1.29, 1.82) is 0 Å². The SMILES string of the molecule is O=C(CCC1CCCCC1)c1ccc(F)c(C(F)(F)F)c1. The van der Waals surface area contributed by atoms with Crippen LogP contribution < -0.4 is 0 Å². The van der Waals surface area contributed by atoms with Crippen LogP contribution in [-0.2, 0) is 6.18 Å². The van der Waals surface area contributed by atoms with Crippen molar-refractivity contribution < 1.29 is 22.4 Å². The maximum atomic E-state index is 13.2. The molecule has 2 rings (SSSR count). The lowest BCUT2D eigenvalue weighted by atomic mass is 9.85. The molecule has 0 atom stereocenters. The smallest absolute Gasteiger partial charge is 0.294 e. The number of Topliss-reactive ketones (excluding diaryl/α,β-unsaturated/α-hetero) is 1. The molecule has 0 amide bonds. The molecule has 1 saturated carbocycles. The number of ketones is 1. The molecular formula is C16H18F4O. The fourth-order valence-corrected chi connectivity index (χ4v) is 2.87. The van der Waals surface area contributed by atoms with E-state index in [4.69, 9.17) is 0 Å². The highest BCUT2D eigenvalue weighted by molar-refractivity contribution is 5.96. The molecule has 1 aromatic carbocycles. The van der Waals surface area contributed by atoms with Crippen molar-refractivity contribution in [2.45, 2.75) is 51.1 Å². The van der Waals surface area contributed by atoms with Crippen molar-refractivity contribution in [2.24, 2.45) is 5.92 Å². The Morgan fingerprint density at radius 1 is 1.14 bits per heavy atom. The quantitative estimate of drug-likeness (QED) is 0.538. The fourth-order valence-electron chi connectivity index (χ4n) is 2.87. The second-order valence-corrected chi connectivity index (χ2v) is 5.66. The van der Waals surface area contributed by atoms with Gasteiger partial charge in [0.05, 0.1) is 5.56 Å². The van der Waals surface area contributed by atoms with E-state index in [1.54, 1.807) is 0 Å². The molecule has 0 spiro atoms. The number of hydrogen-bond acceptors (Lipinski definition) is 1. The number of hydrogen-bond donors (Lipinski definition) is 0. The summed E-state index contributed by atoms with van der Waals surface area (Å²) in [4.78, 5) is 12.0. The molecule has 5 heteroatoms. The van der Waals surface area contributed by atoms with Crippen molar-refractivity contribution in [2.75, 3.05) is 0 Å². The van der Waals surface area contributed by atoms with Crippen LogP contribution in [0.4, 0.5) is 17.6 Å². The van der Waals surface area contributed by atoms with Gasteiger partial charge in [-0.3, -0.25) is 4.79 Å². The normalized spacial score (nSPS) is 17.0. The molecular weight excluding hydrogens is 284 g/mol. The zero-order valence-corrected chi connectivity index (χ0v) is 11.7. The first-order chi connectivity index (χ1) is 9.88. The number of benzene rings is 1. The topological polar surface area (TPSA) is 17.1 Å². The van der Waals surface area contributed by atoms with Crippen molar-refractivity contribution in [3.8, 4) is 0 Å². The fraction of sp³-hybridized carbons (Fsp3) is 0.562. The summed E-state index contributed by atoms with van der Waals surface area (Å²) in [6, 6.07) is 2.48. The van der Waals surface area contributed by atoms with Gasteiger partial charge in [0.2, 0.25) is 0 Å². The summed E-state index contributed by atoms with van der Waals surface area (Å²) in [5.41, 5.74) is -1.43. The Labute approximate surface area is 121 Å². The lowest BCUT2D eigenvalue weighted by molar-refractivity contribution is -0.140. The summed E-state index contributed by atoms with van der Waals surface area (Å²) in [5, 5.41) is 0. The molecule has 21 heavy (non-hydrogen) atoms. The van der Waals surface area contributed by atoms with E-state index in [2.05, 4.69) is 0 Å². The van der Waals surface area contributed by atoms with E-state index >= 15 is 0 Å². The Kier molecular flexibility index (Phi) is 5.01. The van der Waals surface area contributed by atoms with Gasteiger partial charge in [0.15, 0.2) is 5.78 Å². The molecule has 0 saturated heterocycles. The largest absolute Gasteiger partial charge is 0.419 e.